The predicted octanol–water partition coefficient (Wildman–Crippen LogP) is 2.73. The number of carbonyl (C=O) groups is 1. The molecule has 1 aliphatic rings. The summed E-state index contributed by atoms with van der Waals surface area (Å²) in [6, 6.07) is 9.44. The number of fused-ring (bicyclic) bond motifs is 1. The number of rotatable bonds is 3. The van der Waals surface area contributed by atoms with Crippen LogP contribution in [0.25, 0.3) is 11.0 Å². The quantitative estimate of drug-likeness (QED) is 0.782. The lowest BCUT2D eigenvalue weighted by atomic mass is 9.90. The minimum Gasteiger partial charge on any atom is -0.451 e. The first-order chi connectivity index (χ1) is 12.5. The van der Waals surface area contributed by atoms with Crippen LogP contribution in [-0.4, -0.2) is 44.0 Å². The zero-order chi connectivity index (χ0) is 18.3. The molecule has 1 aliphatic heterocycles. The number of hydrogen-bond acceptors (Lipinski definition) is 5. The molecule has 7 nitrogen and oxygen atoms in total. The van der Waals surface area contributed by atoms with Crippen molar-refractivity contribution in [2.24, 2.45) is 0 Å². The summed E-state index contributed by atoms with van der Waals surface area (Å²) in [7, 11) is 0. The Morgan fingerprint density at radius 2 is 2.15 bits per heavy atom. The molecule has 0 radical (unpaired) electrons. The van der Waals surface area contributed by atoms with E-state index in [0.717, 1.165) is 5.39 Å². The molecule has 2 aromatic heterocycles. The van der Waals surface area contributed by atoms with Crippen molar-refractivity contribution in [1.82, 2.24) is 19.9 Å². The normalized spacial score (nSPS) is 20.8. The first-order valence-corrected chi connectivity index (χ1v) is 8.89. The van der Waals surface area contributed by atoms with Crippen LogP contribution in [0.5, 0.6) is 0 Å². The fourth-order valence-electron chi connectivity index (χ4n) is 3.40. The van der Waals surface area contributed by atoms with Gasteiger partial charge in [0.05, 0.1) is 12.7 Å². The summed E-state index contributed by atoms with van der Waals surface area (Å²) in [6.07, 6.45) is 3.00. The van der Waals surface area contributed by atoms with Gasteiger partial charge in [0.15, 0.2) is 5.76 Å². The summed E-state index contributed by atoms with van der Waals surface area (Å²) < 4.78 is 7.40. The average Bonchev–Trinajstić information content (AvgIpc) is 3.28. The van der Waals surface area contributed by atoms with Crippen LogP contribution in [0.3, 0.4) is 0 Å². The number of carbonyl (C=O) groups excluding carboxylic acids is 1. The Morgan fingerprint density at radius 1 is 1.35 bits per heavy atom. The van der Waals surface area contributed by atoms with Crippen molar-refractivity contribution in [3.8, 4) is 0 Å². The molecule has 0 saturated carbocycles. The van der Waals surface area contributed by atoms with Gasteiger partial charge in [-0.15, -0.1) is 5.10 Å². The van der Waals surface area contributed by atoms with Gasteiger partial charge < -0.3 is 14.4 Å². The Bertz CT molecular complexity index is 912. The molecule has 0 aliphatic carbocycles. The van der Waals surface area contributed by atoms with E-state index >= 15 is 0 Å². The Morgan fingerprint density at radius 3 is 2.88 bits per heavy atom. The van der Waals surface area contributed by atoms with Gasteiger partial charge in [-0.3, -0.25) is 4.79 Å². The van der Waals surface area contributed by atoms with E-state index in [9.17, 15) is 9.90 Å². The van der Waals surface area contributed by atoms with Gasteiger partial charge in [0.25, 0.3) is 5.91 Å². The first kappa shape index (κ1) is 16.8. The highest BCUT2D eigenvalue weighted by atomic mass is 16.3. The molecule has 0 bridgehead atoms. The number of β-amino-alcohol motifs (C(OH)–C–C–N with tert-alkyl or cyclic N) is 1. The van der Waals surface area contributed by atoms with Gasteiger partial charge in [-0.25, -0.2) is 4.68 Å². The Balaban J connectivity index is 1.58. The lowest BCUT2D eigenvalue weighted by Gasteiger charge is -2.37. The van der Waals surface area contributed by atoms with E-state index in [0.29, 0.717) is 36.4 Å². The van der Waals surface area contributed by atoms with Crippen LogP contribution in [-0.2, 0) is 5.60 Å². The van der Waals surface area contributed by atoms with Gasteiger partial charge in [-0.2, -0.15) is 0 Å². The highest BCUT2D eigenvalue weighted by Gasteiger charge is 2.40. The second-order valence-electron chi connectivity index (χ2n) is 7.19. The largest absolute Gasteiger partial charge is 0.451 e. The van der Waals surface area contributed by atoms with Crippen molar-refractivity contribution < 1.29 is 14.3 Å². The van der Waals surface area contributed by atoms with Crippen LogP contribution in [0.2, 0.25) is 0 Å². The summed E-state index contributed by atoms with van der Waals surface area (Å²) in [5.41, 5.74) is 0.00359. The van der Waals surface area contributed by atoms with E-state index < -0.39 is 5.60 Å². The zero-order valence-corrected chi connectivity index (χ0v) is 14.9. The Labute approximate surface area is 151 Å². The first-order valence-electron chi connectivity index (χ1n) is 8.89. The van der Waals surface area contributed by atoms with E-state index in [1.807, 2.05) is 38.1 Å². The number of aliphatic hydroxyl groups is 1. The average molecular weight is 354 g/mol. The summed E-state index contributed by atoms with van der Waals surface area (Å²) in [4.78, 5) is 14.5. The van der Waals surface area contributed by atoms with Gasteiger partial charge >= 0.3 is 0 Å². The van der Waals surface area contributed by atoms with E-state index in [2.05, 4.69) is 10.3 Å². The summed E-state index contributed by atoms with van der Waals surface area (Å²) in [5, 5.41) is 20.2. The van der Waals surface area contributed by atoms with Crippen LogP contribution < -0.4 is 0 Å². The molecular weight excluding hydrogens is 332 g/mol. The molecule has 1 atom stereocenters. The van der Waals surface area contributed by atoms with Crippen LogP contribution >= 0.6 is 0 Å². The van der Waals surface area contributed by atoms with Crippen LogP contribution in [0.4, 0.5) is 0 Å². The number of hydrogen-bond donors (Lipinski definition) is 1. The SMILES string of the molecule is CC(C)n1cc([C@@]2(O)CCCN(C(=O)c3cc4ccccc4o3)C2)nn1. The van der Waals surface area contributed by atoms with Crippen LogP contribution in [0.1, 0.15) is 49.0 Å². The molecule has 136 valence electrons. The maximum Gasteiger partial charge on any atom is 0.289 e. The molecule has 3 aromatic rings. The molecule has 1 amide bonds. The predicted molar refractivity (Wildman–Crippen MR) is 95.7 cm³/mol. The third-order valence-electron chi connectivity index (χ3n) is 4.91. The maximum absolute atomic E-state index is 12.9. The van der Waals surface area contributed by atoms with Crippen LogP contribution in [0, 0.1) is 0 Å². The highest BCUT2D eigenvalue weighted by molar-refractivity contribution is 5.96. The van der Waals surface area contributed by atoms with Gasteiger partial charge in [0, 0.05) is 18.0 Å². The fourth-order valence-corrected chi connectivity index (χ4v) is 3.40. The topological polar surface area (TPSA) is 84.4 Å². The maximum atomic E-state index is 12.9. The lowest BCUT2D eigenvalue weighted by Crippen LogP contribution is -2.48. The molecular formula is C19H22N4O3. The number of para-hydroxylation sites is 1. The summed E-state index contributed by atoms with van der Waals surface area (Å²) >= 11 is 0. The Hall–Kier alpha value is -2.67. The van der Waals surface area contributed by atoms with Crippen molar-refractivity contribution >= 4 is 16.9 Å². The molecule has 26 heavy (non-hydrogen) atoms. The third-order valence-corrected chi connectivity index (χ3v) is 4.91. The van der Waals surface area contributed by atoms with Crippen molar-refractivity contribution in [3.05, 3.63) is 48.0 Å². The van der Waals surface area contributed by atoms with Gasteiger partial charge in [0.1, 0.15) is 16.9 Å². The van der Waals surface area contributed by atoms with Crippen molar-refractivity contribution in [2.75, 3.05) is 13.1 Å². The van der Waals surface area contributed by atoms with Crippen molar-refractivity contribution in [1.29, 1.82) is 0 Å². The third kappa shape index (κ3) is 2.88. The smallest absolute Gasteiger partial charge is 0.289 e. The fraction of sp³-hybridized carbons (Fsp3) is 0.421. The number of furan rings is 1. The minimum atomic E-state index is -1.19. The van der Waals surface area contributed by atoms with Gasteiger partial charge in [0.2, 0.25) is 0 Å². The molecule has 3 heterocycles. The van der Waals surface area contributed by atoms with Gasteiger partial charge in [-0.1, -0.05) is 23.4 Å². The molecule has 0 unspecified atom stereocenters. The number of nitrogens with zero attached hydrogens (tertiary/aromatic N) is 4. The number of likely N-dealkylation sites (tertiary alicyclic amines) is 1. The number of aromatic nitrogens is 3. The Kier molecular flexibility index (Phi) is 4.03. The monoisotopic (exact) mass is 354 g/mol. The van der Waals surface area contributed by atoms with E-state index in [4.69, 9.17) is 4.42 Å². The number of piperidine rings is 1. The summed E-state index contributed by atoms with van der Waals surface area (Å²) in [5.74, 6) is 0.0804. The molecule has 4 rings (SSSR count). The molecule has 1 saturated heterocycles. The van der Waals surface area contributed by atoms with Crippen molar-refractivity contribution in [3.63, 3.8) is 0 Å². The molecule has 1 N–H and O–H groups in total. The second-order valence-corrected chi connectivity index (χ2v) is 7.19. The number of benzene rings is 1. The lowest BCUT2D eigenvalue weighted by molar-refractivity contribution is -0.0327. The molecule has 0 spiro atoms. The van der Waals surface area contributed by atoms with Gasteiger partial charge in [-0.05, 0) is 38.8 Å². The molecule has 7 heteroatoms. The second kappa shape index (κ2) is 6.25. The van der Waals surface area contributed by atoms with E-state index in [1.54, 1.807) is 21.8 Å². The zero-order valence-electron chi connectivity index (χ0n) is 14.9. The minimum absolute atomic E-state index is 0.164. The molecule has 1 aromatic carbocycles. The van der Waals surface area contributed by atoms with Crippen molar-refractivity contribution in [2.45, 2.75) is 38.3 Å². The van der Waals surface area contributed by atoms with E-state index in [-0.39, 0.29) is 18.5 Å². The molecule has 1 fully saturated rings. The number of amides is 1. The summed E-state index contributed by atoms with van der Waals surface area (Å²) in [6.45, 7) is 4.76. The van der Waals surface area contributed by atoms with Crippen LogP contribution in [0.15, 0.2) is 40.9 Å². The standard InChI is InChI=1S/C19H22N4O3/c1-13(2)23-11-17(20-21-23)19(25)8-5-9-22(12-19)18(24)16-10-14-6-3-4-7-15(14)26-16/h3-4,6-7,10-11,13,25H,5,8-9,12H2,1-2H3/t19-/m1/s1. The van der Waals surface area contributed by atoms with E-state index in [1.165, 1.54) is 0 Å². The highest BCUT2D eigenvalue weighted by Crippen LogP contribution is 2.31.